The van der Waals surface area contributed by atoms with Crippen molar-refractivity contribution in [2.75, 3.05) is 31.6 Å². The van der Waals surface area contributed by atoms with Crippen LogP contribution < -0.4 is 5.32 Å². The largest absolute Gasteiger partial charge is 0.382 e. The van der Waals surface area contributed by atoms with Gasteiger partial charge in [0.05, 0.1) is 5.69 Å². The lowest BCUT2D eigenvalue weighted by Crippen LogP contribution is -2.39. The standard InChI is InChI=1S/C18H22FN3O3S/c1-3-25-9-5-8-22(17(24)14-6-4-7-15(19)10-14)11-16(23)21-18-20-13(2)12-26-18/h4,6-7,10,12H,3,5,8-9,11H2,1-2H3,(H,20,21,23). The third-order valence-electron chi connectivity index (χ3n) is 3.48. The summed E-state index contributed by atoms with van der Waals surface area (Å²) in [6.07, 6.45) is 0.582. The highest BCUT2D eigenvalue weighted by molar-refractivity contribution is 7.13. The van der Waals surface area contributed by atoms with Crippen molar-refractivity contribution >= 4 is 28.3 Å². The number of aromatic nitrogens is 1. The fourth-order valence-corrected chi connectivity index (χ4v) is 3.01. The van der Waals surface area contributed by atoms with Gasteiger partial charge >= 0.3 is 0 Å². The lowest BCUT2D eigenvalue weighted by Gasteiger charge is -2.22. The van der Waals surface area contributed by atoms with Gasteiger partial charge in [0.1, 0.15) is 12.4 Å². The minimum Gasteiger partial charge on any atom is -0.382 e. The molecule has 6 nitrogen and oxygen atoms in total. The lowest BCUT2D eigenvalue weighted by molar-refractivity contribution is -0.116. The quantitative estimate of drug-likeness (QED) is 0.680. The highest BCUT2D eigenvalue weighted by Gasteiger charge is 2.19. The number of anilines is 1. The van der Waals surface area contributed by atoms with E-state index in [1.165, 1.54) is 40.5 Å². The zero-order valence-electron chi connectivity index (χ0n) is 14.8. The topological polar surface area (TPSA) is 71.5 Å². The van der Waals surface area contributed by atoms with Crippen LogP contribution in [0.15, 0.2) is 29.6 Å². The molecule has 1 aromatic heterocycles. The van der Waals surface area contributed by atoms with Crippen molar-refractivity contribution < 1.29 is 18.7 Å². The number of benzene rings is 1. The second-order valence-electron chi connectivity index (χ2n) is 5.63. The number of thiazole rings is 1. The number of hydrogen-bond donors (Lipinski definition) is 1. The first-order valence-corrected chi connectivity index (χ1v) is 9.22. The number of halogens is 1. The van der Waals surface area contributed by atoms with Gasteiger partial charge in [0.2, 0.25) is 5.91 Å². The number of nitrogens with zero attached hydrogens (tertiary/aromatic N) is 2. The summed E-state index contributed by atoms with van der Waals surface area (Å²) < 4.78 is 18.7. The van der Waals surface area contributed by atoms with E-state index in [0.29, 0.717) is 31.3 Å². The molecule has 0 saturated heterocycles. The average molecular weight is 379 g/mol. The van der Waals surface area contributed by atoms with Gasteiger partial charge in [0.15, 0.2) is 5.13 Å². The van der Waals surface area contributed by atoms with Crippen LogP contribution in [0.2, 0.25) is 0 Å². The molecule has 8 heteroatoms. The Kier molecular flexibility index (Phi) is 7.68. The molecule has 0 aliphatic carbocycles. The molecule has 2 aromatic rings. The van der Waals surface area contributed by atoms with Crippen LogP contribution >= 0.6 is 11.3 Å². The van der Waals surface area contributed by atoms with Crippen molar-refractivity contribution in [3.05, 3.63) is 46.7 Å². The van der Waals surface area contributed by atoms with Crippen LogP contribution in [0.5, 0.6) is 0 Å². The van der Waals surface area contributed by atoms with Crippen molar-refractivity contribution in [2.45, 2.75) is 20.3 Å². The summed E-state index contributed by atoms with van der Waals surface area (Å²) in [7, 11) is 0. The maximum atomic E-state index is 13.4. The fraction of sp³-hybridized carbons (Fsp3) is 0.389. The Morgan fingerprint density at radius 2 is 2.19 bits per heavy atom. The number of nitrogens with one attached hydrogen (secondary N) is 1. The van der Waals surface area contributed by atoms with E-state index in [2.05, 4.69) is 10.3 Å². The molecule has 0 spiro atoms. The summed E-state index contributed by atoms with van der Waals surface area (Å²) in [5.74, 6) is -1.24. The van der Waals surface area contributed by atoms with Crippen LogP contribution in [0.25, 0.3) is 0 Å². The molecule has 1 heterocycles. The normalized spacial score (nSPS) is 10.6. The summed E-state index contributed by atoms with van der Waals surface area (Å²) in [6, 6.07) is 5.44. The van der Waals surface area contributed by atoms with Crippen LogP contribution in [0.4, 0.5) is 9.52 Å². The molecule has 0 unspecified atom stereocenters. The number of carbonyl (C=O) groups is 2. The monoisotopic (exact) mass is 379 g/mol. The second kappa shape index (κ2) is 9.98. The average Bonchev–Trinajstić information content (AvgIpc) is 3.01. The van der Waals surface area contributed by atoms with Gasteiger partial charge in [-0.05, 0) is 38.5 Å². The molecular weight excluding hydrogens is 357 g/mol. The summed E-state index contributed by atoms with van der Waals surface area (Å²) in [4.78, 5) is 30.5. The van der Waals surface area contributed by atoms with Crippen molar-refractivity contribution in [1.82, 2.24) is 9.88 Å². The molecule has 0 aliphatic heterocycles. The third-order valence-corrected chi connectivity index (χ3v) is 4.36. The van der Waals surface area contributed by atoms with Crippen LogP contribution in [0.1, 0.15) is 29.4 Å². The van der Waals surface area contributed by atoms with Crippen molar-refractivity contribution in [1.29, 1.82) is 0 Å². The van der Waals surface area contributed by atoms with Gasteiger partial charge in [0.25, 0.3) is 5.91 Å². The molecule has 2 rings (SSSR count). The number of ether oxygens (including phenoxy) is 1. The zero-order valence-corrected chi connectivity index (χ0v) is 15.6. The lowest BCUT2D eigenvalue weighted by atomic mass is 10.2. The number of amides is 2. The Morgan fingerprint density at radius 3 is 2.85 bits per heavy atom. The van der Waals surface area contributed by atoms with Crippen molar-refractivity contribution in [3.8, 4) is 0 Å². The van der Waals surface area contributed by atoms with Gasteiger partial charge in [-0.3, -0.25) is 9.59 Å². The molecule has 2 amide bonds. The van der Waals surface area contributed by atoms with Gasteiger partial charge in [-0.1, -0.05) is 6.07 Å². The third kappa shape index (κ3) is 6.20. The molecule has 0 fully saturated rings. The van der Waals surface area contributed by atoms with Crippen LogP contribution in [0.3, 0.4) is 0 Å². The Balaban J connectivity index is 2.04. The Labute approximate surface area is 156 Å². The van der Waals surface area contributed by atoms with Crippen LogP contribution in [-0.4, -0.2) is 48.0 Å². The van der Waals surface area contributed by atoms with Gasteiger partial charge in [-0.25, -0.2) is 9.37 Å². The molecule has 140 valence electrons. The summed E-state index contributed by atoms with van der Waals surface area (Å²) in [6.45, 7) is 4.98. The summed E-state index contributed by atoms with van der Waals surface area (Å²) in [5.41, 5.74) is 1.02. The predicted octanol–water partition coefficient (Wildman–Crippen LogP) is 3.10. The van der Waals surface area contributed by atoms with E-state index in [-0.39, 0.29) is 18.0 Å². The number of hydrogen-bond acceptors (Lipinski definition) is 5. The fourth-order valence-electron chi connectivity index (χ4n) is 2.30. The number of aryl methyl sites for hydroxylation is 1. The smallest absolute Gasteiger partial charge is 0.254 e. The van der Waals surface area contributed by atoms with Crippen molar-refractivity contribution in [3.63, 3.8) is 0 Å². The van der Waals surface area contributed by atoms with Crippen molar-refractivity contribution in [2.24, 2.45) is 0 Å². The molecule has 0 saturated carbocycles. The van der Waals surface area contributed by atoms with Crippen LogP contribution in [0, 0.1) is 12.7 Å². The van der Waals surface area contributed by atoms with Gasteiger partial charge < -0.3 is 15.0 Å². The van der Waals surface area contributed by atoms with E-state index in [1.807, 2.05) is 19.2 Å². The maximum absolute atomic E-state index is 13.4. The highest BCUT2D eigenvalue weighted by Crippen LogP contribution is 2.14. The number of carbonyl (C=O) groups excluding carboxylic acids is 2. The Hall–Kier alpha value is -2.32. The van der Waals surface area contributed by atoms with E-state index in [4.69, 9.17) is 4.74 Å². The predicted molar refractivity (Wildman–Crippen MR) is 98.9 cm³/mol. The Bertz CT molecular complexity index is 751. The minimum absolute atomic E-state index is 0.139. The van der Waals surface area contributed by atoms with E-state index in [0.717, 1.165) is 5.69 Å². The van der Waals surface area contributed by atoms with Gasteiger partial charge in [0, 0.05) is 30.7 Å². The minimum atomic E-state index is -0.493. The second-order valence-corrected chi connectivity index (χ2v) is 6.49. The molecule has 0 bridgehead atoms. The summed E-state index contributed by atoms with van der Waals surface area (Å²) in [5, 5.41) is 4.99. The number of rotatable bonds is 9. The Morgan fingerprint density at radius 1 is 1.38 bits per heavy atom. The molecular formula is C18H22FN3O3S. The molecule has 1 N–H and O–H groups in total. The first-order valence-electron chi connectivity index (χ1n) is 8.34. The first kappa shape index (κ1) is 20.0. The molecule has 0 radical (unpaired) electrons. The zero-order chi connectivity index (χ0) is 18.9. The van der Waals surface area contributed by atoms with Gasteiger partial charge in [-0.2, -0.15) is 0 Å². The maximum Gasteiger partial charge on any atom is 0.254 e. The van der Waals surface area contributed by atoms with E-state index in [1.54, 1.807) is 0 Å². The summed E-state index contributed by atoms with van der Waals surface area (Å²) >= 11 is 1.32. The highest BCUT2D eigenvalue weighted by atomic mass is 32.1. The van der Waals surface area contributed by atoms with Crippen LogP contribution in [-0.2, 0) is 9.53 Å². The molecule has 0 atom stereocenters. The molecule has 26 heavy (non-hydrogen) atoms. The van der Waals surface area contributed by atoms with Gasteiger partial charge in [-0.15, -0.1) is 11.3 Å². The first-order chi connectivity index (χ1) is 12.5. The van der Waals surface area contributed by atoms with E-state index < -0.39 is 11.7 Å². The van der Waals surface area contributed by atoms with E-state index in [9.17, 15) is 14.0 Å². The van der Waals surface area contributed by atoms with E-state index >= 15 is 0 Å². The molecule has 0 aliphatic rings. The molecule has 1 aromatic carbocycles. The SMILES string of the molecule is CCOCCCN(CC(=O)Nc1nc(C)cs1)C(=O)c1cccc(F)c1.